The number of carbonyl (C=O) groups is 2. The lowest BCUT2D eigenvalue weighted by atomic mass is 10.0. The second-order valence-electron chi connectivity index (χ2n) is 9.43. The van der Waals surface area contributed by atoms with Crippen molar-refractivity contribution >= 4 is 48.6 Å². The number of anilines is 1. The quantitative estimate of drug-likeness (QED) is 0.293. The van der Waals surface area contributed by atoms with E-state index in [2.05, 4.69) is 10.0 Å². The summed E-state index contributed by atoms with van der Waals surface area (Å²) in [5.74, 6) is -0.402. The Labute approximate surface area is 231 Å². The molecule has 0 aliphatic carbocycles. The number of phenols is 1. The van der Waals surface area contributed by atoms with E-state index >= 15 is 0 Å². The molecule has 12 nitrogen and oxygen atoms in total. The van der Waals surface area contributed by atoms with Crippen molar-refractivity contribution in [3.63, 3.8) is 0 Å². The van der Waals surface area contributed by atoms with Crippen LogP contribution in [0.3, 0.4) is 0 Å². The number of imide groups is 1. The third-order valence-electron chi connectivity index (χ3n) is 6.50. The molecule has 0 saturated carbocycles. The number of amides is 2. The number of aliphatic hydroxyl groups excluding tert-OH is 1. The van der Waals surface area contributed by atoms with Crippen LogP contribution in [-0.4, -0.2) is 85.1 Å². The molecule has 2 saturated heterocycles. The van der Waals surface area contributed by atoms with E-state index in [0.29, 0.717) is 24.0 Å². The number of aromatic hydroxyl groups is 1. The van der Waals surface area contributed by atoms with Crippen molar-refractivity contribution in [1.29, 1.82) is 0 Å². The smallest absolute Gasteiger partial charge is 0.289 e. The van der Waals surface area contributed by atoms with Crippen molar-refractivity contribution in [1.82, 2.24) is 14.5 Å². The van der Waals surface area contributed by atoms with Crippen molar-refractivity contribution in [3.8, 4) is 5.75 Å². The van der Waals surface area contributed by atoms with Crippen LogP contribution < -0.4 is 10.0 Å². The van der Waals surface area contributed by atoms with Gasteiger partial charge in [-0.25, -0.2) is 16.8 Å². The van der Waals surface area contributed by atoms with E-state index in [-0.39, 0.29) is 65.5 Å². The van der Waals surface area contributed by atoms with Gasteiger partial charge in [-0.15, -0.1) is 0 Å². The summed E-state index contributed by atoms with van der Waals surface area (Å²) in [7, 11) is -7.33. The zero-order valence-electron chi connectivity index (χ0n) is 21.1. The number of nitrogens with zero attached hydrogens (tertiary/aromatic N) is 2. The lowest BCUT2D eigenvalue weighted by molar-refractivity contribution is -0.125. The Bertz CT molecular complexity index is 1420. The first-order valence-electron chi connectivity index (χ1n) is 12.1. The fraction of sp³-hybridized carbons (Fsp3) is 0.417. The number of carbonyl (C=O) groups excluding carboxylic acids is 2. The van der Waals surface area contributed by atoms with Gasteiger partial charge in [0.2, 0.25) is 26.0 Å². The Balaban J connectivity index is 1.29. The van der Waals surface area contributed by atoms with Crippen molar-refractivity contribution < 1.29 is 36.6 Å². The minimum Gasteiger partial charge on any atom is -0.506 e. The number of sulfonamides is 2. The molecular weight excluding hydrogens is 568 g/mol. The number of nitrogens with one attached hydrogen (secondary N) is 2. The first-order valence-corrected chi connectivity index (χ1v) is 16.4. The molecule has 15 heteroatoms. The van der Waals surface area contributed by atoms with Gasteiger partial charge in [-0.05, 0) is 48.2 Å². The van der Waals surface area contributed by atoms with Crippen LogP contribution in [0, 0.1) is 0 Å². The number of rotatable bonds is 10. The molecule has 2 aliphatic heterocycles. The number of phenolic OH excluding ortho intramolecular Hbond substituents is 1. The van der Waals surface area contributed by atoms with E-state index in [1.165, 1.54) is 34.6 Å². The molecule has 2 aliphatic rings. The number of aliphatic hydroxyl groups is 1. The number of hydrogen-bond donors (Lipinski definition) is 4. The minimum atomic E-state index is -3.72. The predicted molar refractivity (Wildman–Crippen MR) is 146 cm³/mol. The molecule has 39 heavy (non-hydrogen) atoms. The molecule has 2 heterocycles. The number of thioether (sulfide) groups is 1. The zero-order valence-corrected chi connectivity index (χ0v) is 23.6. The summed E-state index contributed by atoms with van der Waals surface area (Å²) in [5, 5.41) is 23.4. The molecule has 0 unspecified atom stereocenters. The number of piperidine rings is 1. The Kier molecular flexibility index (Phi) is 8.88. The second kappa shape index (κ2) is 11.8. The maximum absolute atomic E-state index is 13.1. The van der Waals surface area contributed by atoms with Crippen LogP contribution in [0.15, 0.2) is 47.4 Å². The van der Waals surface area contributed by atoms with Gasteiger partial charge in [-0.3, -0.25) is 19.2 Å². The highest BCUT2D eigenvalue weighted by Gasteiger charge is 2.31. The molecule has 212 valence electrons. The molecule has 0 radical (unpaired) electrons. The Morgan fingerprint density at radius 2 is 1.72 bits per heavy atom. The van der Waals surface area contributed by atoms with Crippen LogP contribution in [0.25, 0.3) is 0 Å². The van der Waals surface area contributed by atoms with Crippen LogP contribution >= 0.6 is 11.8 Å². The van der Waals surface area contributed by atoms with Gasteiger partial charge in [0.1, 0.15) is 5.75 Å². The average Bonchev–Trinajstić information content (AvgIpc) is 3.20. The Morgan fingerprint density at radius 3 is 2.31 bits per heavy atom. The molecule has 4 rings (SSSR count). The van der Waals surface area contributed by atoms with Gasteiger partial charge in [-0.2, -0.15) is 4.31 Å². The van der Waals surface area contributed by atoms with E-state index in [0.717, 1.165) is 22.9 Å². The summed E-state index contributed by atoms with van der Waals surface area (Å²) in [6, 6.07) is 10.3. The topological polar surface area (TPSA) is 173 Å². The van der Waals surface area contributed by atoms with Gasteiger partial charge in [0.05, 0.1) is 35.2 Å². The molecule has 0 aromatic heterocycles. The van der Waals surface area contributed by atoms with Crippen molar-refractivity contribution in [2.45, 2.75) is 36.4 Å². The van der Waals surface area contributed by atoms with Crippen molar-refractivity contribution in [2.24, 2.45) is 0 Å². The zero-order chi connectivity index (χ0) is 28.4. The van der Waals surface area contributed by atoms with Crippen molar-refractivity contribution in [2.75, 3.05) is 36.4 Å². The second-order valence-corrected chi connectivity index (χ2v) is 14.0. The molecule has 0 spiro atoms. The molecule has 4 N–H and O–H groups in total. The van der Waals surface area contributed by atoms with E-state index in [1.54, 1.807) is 12.1 Å². The molecule has 2 aromatic rings. The molecule has 2 aromatic carbocycles. The monoisotopic (exact) mass is 598 g/mol. The summed E-state index contributed by atoms with van der Waals surface area (Å²) in [6.45, 7) is 0.830. The fourth-order valence-electron chi connectivity index (χ4n) is 4.37. The summed E-state index contributed by atoms with van der Waals surface area (Å²) in [4.78, 5) is 24.9. The third-order valence-corrected chi connectivity index (χ3v) is 9.86. The molecule has 2 fully saturated rings. The van der Waals surface area contributed by atoms with Gasteiger partial charge in [-0.1, -0.05) is 30.0 Å². The van der Waals surface area contributed by atoms with Crippen LogP contribution in [0.5, 0.6) is 5.75 Å². The standard InChI is InChI=1S/C24H30N4O8S3/c1-38(33,34)26-20-12-17(4-7-21(20)29)22(30)13-25-18-8-10-27(11-9-18)39(35,36)19-5-2-16(3-6-19)14-28-23(31)15-37-24(28)32/h2-7,12,18,22,25-26,29-30H,8-11,13-15H2,1H3/t22-/m0/s1. The van der Waals surface area contributed by atoms with E-state index < -0.39 is 26.2 Å². The first kappa shape index (κ1) is 29.3. The van der Waals surface area contributed by atoms with Gasteiger partial charge < -0.3 is 15.5 Å². The first-order chi connectivity index (χ1) is 18.3. The Hall–Kier alpha value is -2.69. The summed E-state index contributed by atoms with van der Waals surface area (Å²) in [6.07, 6.45) is 1.03. The Morgan fingerprint density at radius 1 is 1.05 bits per heavy atom. The summed E-state index contributed by atoms with van der Waals surface area (Å²) in [5.41, 5.74) is 1.04. The molecule has 2 amide bonds. The van der Waals surface area contributed by atoms with Gasteiger partial charge in [0, 0.05) is 25.7 Å². The SMILES string of the molecule is CS(=O)(=O)Nc1cc([C@@H](O)CNC2CCN(S(=O)(=O)c3ccc(CN4C(=O)CSC4=O)cc3)CC2)ccc1O. The third kappa shape index (κ3) is 7.29. The van der Waals surface area contributed by atoms with Crippen LogP contribution in [0.4, 0.5) is 10.5 Å². The maximum Gasteiger partial charge on any atom is 0.289 e. The number of hydrogen-bond acceptors (Lipinski definition) is 10. The predicted octanol–water partition coefficient (Wildman–Crippen LogP) is 1.44. The highest BCUT2D eigenvalue weighted by Crippen LogP contribution is 2.28. The lowest BCUT2D eigenvalue weighted by Crippen LogP contribution is -2.45. The van der Waals surface area contributed by atoms with E-state index in [9.17, 15) is 36.6 Å². The molecule has 1 atom stereocenters. The molecule has 0 bridgehead atoms. The summed E-state index contributed by atoms with van der Waals surface area (Å²) >= 11 is 0.950. The van der Waals surface area contributed by atoms with Crippen LogP contribution in [0.2, 0.25) is 0 Å². The fourth-order valence-corrected chi connectivity index (χ4v) is 7.13. The lowest BCUT2D eigenvalue weighted by Gasteiger charge is -2.32. The summed E-state index contributed by atoms with van der Waals surface area (Å²) < 4.78 is 52.9. The van der Waals surface area contributed by atoms with Crippen molar-refractivity contribution in [3.05, 3.63) is 53.6 Å². The van der Waals surface area contributed by atoms with E-state index in [1.807, 2.05) is 0 Å². The molecular formula is C24H30N4O8S3. The van der Waals surface area contributed by atoms with Crippen LogP contribution in [0.1, 0.15) is 30.1 Å². The highest BCUT2D eigenvalue weighted by molar-refractivity contribution is 8.14. The normalized spacial score (nSPS) is 18.5. The van der Waals surface area contributed by atoms with Gasteiger partial charge >= 0.3 is 0 Å². The minimum absolute atomic E-state index is 0.0300. The highest BCUT2D eigenvalue weighted by atomic mass is 32.2. The maximum atomic E-state index is 13.1. The van der Waals surface area contributed by atoms with E-state index in [4.69, 9.17) is 0 Å². The van der Waals surface area contributed by atoms with Crippen LogP contribution in [-0.2, 0) is 31.4 Å². The van der Waals surface area contributed by atoms with Gasteiger partial charge in [0.15, 0.2) is 0 Å². The average molecular weight is 599 g/mol. The number of benzene rings is 2. The van der Waals surface area contributed by atoms with Gasteiger partial charge in [0.25, 0.3) is 5.24 Å². The largest absolute Gasteiger partial charge is 0.506 e.